The van der Waals surface area contributed by atoms with Gasteiger partial charge in [0.05, 0.1) is 11.3 Å². The number of nitrogens with one attached hydrogen (secondary N) is 1. The molecule has 0 aromatic heterocycles. The molecule has 1 N–H and O–H groups in total. The molecular formula is C19H21NO5S. The Labute approximate surface area is 153 Å². The van der Waals surface area contributed by atoms with Gasteiger partial charge in [0.2, 0.25) is 0 Å². The van der Waals surface area contributed by atoms with Crippen molar-refractivity contribution in [2.24, 2.45) is 0 Å². The van der Waals surface area contributed by atoms with Crippen LogP contribution in [0.3, 0.4) is 0 Å². The first-order chi connectivity index (χ1) is 12.1. The van der Waals surface area contributed by atoms with Gasteiger partial charge in [0, 0.05) is 11.9 Å². The Kier molecular flexibility index (Phi) is 6.15. The van der Waals surface area contributed by atoms with Crippen LogP contribution in [0.2, 0.25) is 0 Å². The normalized spacial score (nSPS) is 11.0. The van der Waals surface area contributed by atoms with E-state index >= 15 is 0 Å². The van der Waals surface area contributed by atoms with Crippen LogP contribution in [0.5, 0.6) is 0 Å². The summed E-state index contributed by atoms with van der Waals surface area (Å²) in [4.78, 5) is 23.9. The van der Waals surface area contributed by atoms with Crippen LogP contribution in [0.15, 0.2) is 42.5 Å². The first kappa shape index (κ1) is 19.7. The highest BCUT2D eigenvalue weighted by atomic mass is 32.2. The molecule has 7 heteroatoms. The Balaban J connectivity index is 1.89. The van der Waals surface area contributed by atoms with Gasteiger partial charge in [0.25, 0.3) is 5.91 Å². The third kappa shape index (κ3) is 6.00. The fourth-order valence-electron chi connectivity index (χ4n) is 2.27. The van der Waals surface area contributed by atoms with Gasteiger partial charge >= 0.3 is 5.97 Å². The monoisotopic (exact) mass is 375 g/mol. The van der Waals surface area contributed by atoms with E-state index < -0.39 is 28.3 Å². The Bertz CT molecular complexity index is 917. The van der Waals surface area contributed by atoms with Crippen molar-refractivity contribution in [3.05, 3.63) is 64.7 Å². The van der Waals surface area contributed by atoms with Gasteiger partial charge < -0.3 is 10.1 Å². The summed E-state index contributed by atoms with van der Waals surface area (Å²) in [6, 6.07) is 11.6. The molecule has 1 amide bonds. The van der Waals surface area contributed by atoms with E-state index in [9.17, 15) is 18.0 Å². The van der Waals surface area contributed by atoms with Crippen molar-refractivity contribution in [2.45, 2.75) is 19.6 Å². The second-order valence-corrected chi connectivity index (χ2v) is 8.33. The molecule has 26 heavy (non-hydrogen) atoms. The van der Waals surface area contributed by atoms with Crippen molar-refractivity contribution < 1.29 is 22.7 Å². The van der Waals surface area contributed by atoms with E-state index in [1.54, 1.807) is 18.2 Å². The highest BCUT2D eigenvalue weighted by Crippen LogP contribution is 2.14. The van der Waals surface area contributed by atoms with Crippen LogP contribution < -0.4 is 5.32 Å². The van der Waals surface area contributed by atoms with Gasteiger partial charge in [-0.05, 0) is 54.8 Å². The van der Waals surface area contributed by atoms with E-state index in [1.807, 2.05) is 26.0 Å². The molecule has 0 spiro atoms. The maximum atomic E-state index is 12.0. The first-order valence-electron chi connectivity index (χ1n) is 7.95. The van der Waals surface area contributed by atoms with Gasteiger partial charge in [-0.15, -0.1) is 0 Å². The minimum absolute atomic E-state index is 0.0965. The molecule has 0 bridgehead atoms. The number of sulfone groups is 1. The summed E-state index contributed by atoms with van der Waals surface area (Å²) < 4.78 is 27.5. The number of benzene rings is 2. The third-order valence-corrected chi connectivity index (χ3v) is 4.60. The molecule has 2 aromatic carbocycles. The first-order valence-corrected chi connectivity index (χ1v) is 10.0. The number of amides is 1. The van der Waals surface area contributed by atoms with E-state index in [2.05, 4.69) is 5.32 Å². The predicted octanol–water partition coefficient (Wildman–Crippen LogP) is 2.64. The number of carbonyl (C=O) groups is 2. The van der Waals surface area contributed by atoms with E-state index in [-0.39, 0.29) is 11.3 Å². The van der Waals surface area contributed by atoms with E-state index in [0.717, 1.165) is 17.4 Å². The molecule has 0 fully saturated rings. The molecule has 0 heterocycles. The molecule has 0 radical (unpaired) electrons. The molecule has 0 saturated heterocycles. The number of hydrogen-bond donors (Lipinski definition) is 1. The van der Waals surface area contributed by atoms with E-state index in [1.165, 1.54) is 12.1 Å². The van der Waals surface area contributed by atoms with Gasteiger partial charge in [-0.1, -0.05) is 18.2 Å². The molecule has 0 aliphatic heterocycles. The summed E-state index contributed by atoms with van der Waals surface area (Å²) in [5, 5.41) is 2.67. The average Bonchev–Trinajstić information content (AvgIpc) is 2.55. The molecule has 2 aromatic rings. The maximum absolute atomic E-state index is 12.0. The lowest BCUT2D eigenvalue weighted by molar-refractivity contribution is -0.119. The third-order valence-electron chi connectivity index (χ3n) is 3.74. The second kappa shape index (κ2) is 8.14. The minimum atomic E-state index is -3.14. The van der Waals surface area contributed by atoms with Gasteiger partial charge in [-0.2, -0.15) is 0 Å². The van der Waals surface area contributed by atoms with Crippen molar-refractivity contribution in [3.63, 3.8) is 0 Å². The van der Waals surface area contributed by atoms with E-state index in [0.29, 0.717) is 11.3 Å². The SMILES string of the molecule is Cc1ccc(NC(=O)COC(=O)c2ccc(CS(C)(=O)=O)cc2)cc1C. The van der Waals surface area contributed by atoms with Crippen molar-refractivity contribution in [3.8, 4) is 0 Å². The lowest BCUT2D eigenvalue weighted by Gasteiger charge is -2.09. The lowest BCUT2D eigenvalue weighted by atomic mass is 10.1. The average molecular weight is 375 g/mol. The molecule has 138 valence electrons. The smallest absolute Gasteiger partial charge is 0.338 e. The summed E-state index contributed by atoms with van der Waals surface area (Å²) >= 11 is 0. The Hall–Kier alpha value is -2.67. The van der Waals surface area contributed by atoms with Crippen LogP contribution in [-0.2, 0) is 25.1 Å². The highest BCUT2D eigenvalue weighted by molar-refractivity contribution is 7.89. The zero-order valence-electron chi connectivity index (χ0n) is 14.9. The number of carbonyl (C=O) groups excluding carboxylic acids is 2. The number of ether oxygens (including phenoxy) is 1. The molecule has 0 aliphatic carbocycles. The largest absolute Gasteiger partial charge is 0.452 e. The zero-order chi connectivity index (χ0) is 19.3. The van der Waals surface area contributed by atoms with Crippen molar-refractivity contribution >= 4 is 27.4 Å². The summed E-state index contributed by atoms with van der Waals surface area (Å²) in [5.74, 6) is -1.18. The quantitative estimate of drug-likeness (QED) is 0.784. The number of aryl methyl sites for hydroxylation is 2. The molecule has 2 rings (SSSR count). The van der Waals surface area contributed by atoms with Crippen molar-refractivity contribution in [1.29, 1.82) is 0 Å². The van der Waals surface area contributed by atoms with E-state index in [4.69, 9.17) is 4.74 Å². The lowest BCUT2D eigenvalue weighted by Crippen LogP contribution is -2.21. The maximum Gasteiger partial charge on any atom is 0.338 e. The van der Waals surface area contributed by atoms with Gasteiger partial charge in [-0.3, -0.25) is 4.79 Å². The topological polar surface area (TPSA) is 89.5 Å². The Morgan fingerprint density at radius 3 is 2.23 bits per heavy atom. The highest BCUT2D eigenvalue weighted by Gasteiger charge is 2.12. The number of esters is 1. The van der Waals surface area contributed by atoms with Crippen molar-refractivity contribution in [2.75, 3.05) is 18.2 Å². The molecule has 0 saturated carbocycles. The van der Waals surface area contributed by atoms with Crippen LogP contribution in [0.4, 0.5) is 5.69 Å². The van der Waals surface area contributed by atoms with Crippen LogP contribution in [0.1, 0.15) is 27.0 Å². The second-order valence-electron chi connectivity index (χ2n) is 6.19. The Morgan fingerprint density at radius 1 is 1.00 bits per heavy atom. The van der Waals surface area contributed by atoms with Gasteiger partial charge in [0.1, 0.15) is 0 Å². The van der Waals surface area contributed by atoms with Crippen LogP contribution in [-0.4, -0.2) is 33.2 Å². The van der Waals surface area contributed by atoms with Gasteiger partial charge in [0.15, 0.2) is 16.4 Å². The summed E-state index contributed by atoms with van der Waals surface area (Å²) in [6.45, 7) is 3.51. The van der Waals surface area contributed by atoms with Crippen LogP contribution in [0.25, 0.3) is 0 Å². The standard InChI is InChI=1S/C19H21NO5S/c1-13-4-9-17(10-14(13)2)20-18(21)11-25-19(22)16-7-5-15(6-8-16)12-26(3,23)24/h4-10H,11-12H2,1-3H3,(H,20,21). The Morgan fingerprint density at radius 2 is 1.65 bits per heavy atom. The molecule has 6 nitrogen and oxygen atoms in total. The summed E-state index contributed by atoms with van der Waals surface area (Å²) in [5.41, 5.74) is 3.64. The fraction of sp³-hybridized carbons (Fsp3) is 0.263. The summed E-state index contributed by atoms with van der Waals surface area (Å²) in [7, 11) is -3.14. The molecular weight excluding hydrogens is 354 g/mol. The summed E-state index contributed by atoms with van der Waals surface area (Å²) in [6.07, 6.45) is 1.14. The fourth-order valence-corrected chi connectivity index (χ4v) is 3.07. The molecule has 0 aliphatic rings. The number of hydrogen-bond acceptors (Lipinski definition) is 5. The molecule has 0 unspecified atom stereocenters. The molecule has 0 atom stereocenters. The number of anilines is 1. The van der Waals surface area contributed by atoms with Crippen LogP contribution in [0, 0.1) is 13.8 Å². The number of rotatable bonds is 6. The minimum Gasteiger partial charge on any atom is -0.452 e. The zero-order valence-corrected chi connectivity index (χ0v) is 15.7. The van der Waals surface area contributed by atoms with Crippen molar-refractivity contribution in [1.82, 2.24) is 0 Å². The van der Waals surface area contributed by atoms with Gasteiger partial charge in [-0.25, -0.2) is 13.2 Å². The van der Waals surface area contributed by atoms with Crippen LogP contribution >= 0.6 is 0 Å². The predicted molar refractivity (Wildman–Crippen MR) is 99.8 cm³/mol.